The topological polar surface area (TPSA) is 77.5 Å². The van der Waals surface area contributed by atoms with Gasteiger partial charge in [0.2, 0.25) is 0 Å². The Morgan fingerprint density at radius 2 is 2.00 bits per heavy atom. The molecule has 0 fully saturated rings. The maximum absolute atomic E-state index is 12.5. The molecule has 0 radical (unpaired) electrons. The molecule has 0 aliphatic rings. The van der Waals surface area contributed by atoms with E-state index in [1.54, 1.807) is 22.7 Å². The first kappa shape index (κ1) is 13.9. The van der Waals surface area contributed by atoms with Crippen molar-refractivity contribution in [1.29, 1.82) is 0 Å². The van der Waals surface area contributed by atoms with Gasteiger partial charge in [0.05, 0.1) is 22.2 Å². The zero-order valence-electron chi connectivity index (χ0n) is 10.9. The Bertz CT molecular complexity index is 866. The average Bonchev–Trinajstić information content (AvgIpc) is 2.79. The third-order valence-electron chi connectivity index (χ3n) is 3.06. The summed E-state index contributed by atoms with van der Waals surface area (Å²) in [5.74, 6) is -0.247. The fourth-order valence-corrected chi connectivity index (χ4v) is 4.18. The van der Waals surface area contributed by atoms with Crippen molar-refractivity contribution in [2.45, 2.75) is 10.6 Å². The number of sulfone groups is 1. The molecule has 0 aliphatic carbocycles. The van der Waals surface area contributed by atoms with Crippen LogP contribution in [-0.4, -0.2) is 17.8 Å². The van der Waals surface area contributed by atoms with Crippen LogP contribution in [0.15, 0.2) is 53.7 Å². The lowest BCUT2D eigenvalue weighted by atomic mass is 10.3. The van der Waals surface area contributed by atoms with Crippen LogP contribution in [-0.2, 0) is 15.6 Å². The summed E-state index contributed by atoms with van der Waals surface area (Å²) < 4.78 is 26.8. The van der Waals surface area contributed by atoms with E-state index in [1.165, 1.54) is 12.1 Å². The van der Waals surface area contributed by atoms with Gasteiger partial charge in [-0.15, -0.1) is 0 Å². The van der Waals surface area contributed by atoms with E-state index in [2.05, 4.69) is 4.98 Å². The Balaban J connectivity index is 2.03. The number of nitrogens with two attached hydrogens (primary N) is 1. The van der Waals surface area contributed by atoms with E-state index < -0.39 is 9.84 Å². The van der Waals surface area contributed by atoms with Crippen LogP contribution in [0.3, 0.4) is 0 Å². The highest BCUT2D eigenvalue weighted by Crippen LogP contribution is 2.29. The molecule has 0 saturated carbocycles. The molecular formula is C14H12ClN3O2S. The number of imidazole rings is 1. The van der Waals surface area contributed by atoms with Gasteiger partial charge in [0, 0.05) is 12.4 Å². The molecule has 0 amide bonds. The molecule has 5 nitrogen and oxygen atoms in total. The number of nitrogens with zero attached hydrogens (tertiary/aromatic N) is 2. The van der Waals surface area contributed by atoms with Crippen molar-refractivity contribution >= 4 is 32.8 Å². The highest BCUT2D eigenvalue weighted by Gasteiger charge is 2.23. The predicted octanol–water partition coefficient (Wildman–Crippen LogP) is 2.54. The zero-order chi connectivity index (χ0) is 15.0. The number of hydrogen-bond acceptors (Lipinski definition) is 4. The third kappa shape index (κ3) is 2.59. The van der Waals surface area contributed by atoms with E-state index in [-0.39, 0.29) is 21.4 Å². The van der Waals surface area contributed by atoms with Crippen LogP contribution >= 0.6 is 11.6 Å². The lowest BCUT2D eigenvalue weighted by Gasteiger charge is -2.07. The summed E-state index contributed by atoms with van der Waals surface area (Å²) in [6, 6.07) is 10.1. The Morgan fingerprint density at radius 3 is 2.71 bits per heavy atom. The summed E-state index contributed by atoms with van der Waals surface area (Å²) in [6.07, 6.45) is 3.49. The van der Waals surface area contributed by atoms with Crippen molar-refractivity contribution in [2.24, 2.45) is 0 Å². The number of benzene rings is 1. The largest absolute Gasteiger partial charge is 0.398 e. The Morgan fingerprint density at radius 1 is 1.19 bits per heavy atom. The highest BCUT2D eigenvalue weighted by molar-refractivity contribution is 7.91. The van der Waals surface area contributed by atoms with Gasteiger partial charge in [-0.05, 0) is 24.3 Å². The van der Waals surface area contributed by atoms with E-state index in [9.17, 15) is 8.42 Å². The standard InChI is InChI=1S/C14H12ClN3O2S/c15-11-4-3-5-12(16)14(11)21(19,20)9-10-8-18-7-2-1-6-13(18)17-10/h1-8H,9,16H2. The zero-order valence-corrected chi connectivity index (χ0v) is 12.5. The molecule has 3 aromatic rings. The third-order valence-corrected chi connectivity index (χ3v) is 5.24. The lowest BCUT2D eigenvalue weighted by Crippen LogP contribution is -2.09. The van der Waals surface area contributed by atoms with Crippen molar-refractivity contribution in [3.8, 4) is 0 Å². The van der Waals surface area contributed by atoms with Crippen molar-refractivity contribution in [3.05, 3.63) is 59.5 Å². The second-order valence-corrected chi connectivity index (χ2v) is 6.95. The normalized spacial score (nSPS) is 11.9. The molecule has 108 valence electrons. The molecule has 0 saturated heterocycles. The number of nitrogen functional groups attached to an aromatic ring is 1. The average molecular weight is 322 g/mol. The van der Waals surface area contributed by atoms with Crippen molar-refractivity contribution < 1.29 is 8.42 Å². The Kier molecular flexibility index (Phi) is 3.35. The first-order valence-electron chi connectivity index (χ1n) is 6.17. The minimum absolute atomic E-state index is 0.0382. The van der Waals surface area contributed by atoms with E-state index in [1.807, 2.05) is 18.3 Å². The van der Waals surface area contributed by atoms with Crippen LogP contribution in [0.25, 0.3) is 5.65 Å². The number of hydrogen-bond donors (Lipinski definition) is 1. The van der Waals surface area contributed by atoms with Crippen LogP contribution in [0.2, 0.25) is 5.02 Å². The maximum Gasteiger partial charge on any atom is 0.187 e. The molecule has 0 unspecified atom stereocenters. The number of rotatable bonds is 3. The summed E-state index contributed by atoms with van der Waals surface area (Å²) in [6.45, 7) is 0. The van der Waals surface area contributed by atoms with E-state index in [0.29, 0.717) is 11.3 Å². The monoisotopic (exact) mass is 321 g/mol. The smallest absolute Gasteiger partial charge is 0.187 e. The van der Waals surface area contributed by atoms with Crippen molar-refractivity contribution in [1.82, 2.24) is 9.38 Å². The molecule has 0 bridgehead atoms. The minimum atomic E-state index is -3.66. The number of anilines is 1. The second-order valence-electron chi connectivity index (χ2n) is 4.62. The van der Waals surface area contributed by atoms with E-state index >= 15 is 0 Å². The van der Waals surface area contributed by atoms with Crippen LogP contribution in [0, 0.1) is 0 Å². The summed E-state index contributed by atoms with van der Waals surface area (Å²) in [4.78, 5) is 4.24. The van der Waals surface area contributed by atoms with Gasteiger partial charge in [0.15, 0.2) is 9.84 Å². The number of halogens is 1. The molecule has 21 heavy (non-hydrogen) atoms. The molecular weight excluding hydrogens is 310 g/mol. The van der Waals surface area contributed by atoms with E-state index in [0.717, 1.165) is 0 Å². The molecule has 2 heterocycles. The molecule has 7 heteroatoms. The lowest BCUT2D eigenvalue weighted by molar-refractivity contribution is 0.595. The summed E-state index contributed by atoms with van der Waals surface area (Å²) in [5.41, 5.74) is 7.03. The van der Waals surface area contributed by atoms with E-state index in [4.69, 9.17) is 17.3 Å². The molecule has 2 N–H and O–H groups in total. The fraction of sp³-hybridized carbons (Fsp3) is 0.0714. The molecule has 0 aliphatic heterocycles. The summed E-state index contributed by atoms with van der Waals surface area (Å²) in [7, 11) is -3.66. The number of aromatic nitrogens is 2. The van der Waals surface area contributed by atoms with Gasteiger partial charge in [0.1, 0.15) is 10.5 Å². The first-order chi connectivity index (χ1) is 9.97. The molecule has 2 aromatic heterocycles. The molecule has 1 aromatic carbocycles. The summed E-state index contributed by atoms with van der Waals surface area (Å²) >= 11 is 5.97. The van der Waals surface area contributed by atoms with Gasteiger partial charge in [-0.25, -0.2) is 13.4 Å². The van der Waals surface area contributed by atoms with Crippen LogP contribution in [0.5, 0.6) is 0 Å². The highest BCUT2D eigenvalue weighted by atomic mass is 35.5. The first-order valence-corrected chi connectivity index (χ1v) is 8.20. The van der Waals surface area contributed by atoms with Gasteiger partial charge in [-0.2, -0.15) is 0 Å². The summed E-state index contributed by atoms with van der Waals surface area (Å²) in [5, 5.41) is 0.124. The van der Waals surface area contributed by atoms with Crippen LogP contribution in [0.4, 0.5) is 5.69 Å². The number of fused-ring (bicyclic) bond motifs is 1. The van der Waals surface area contributed by atoms with Crippen LogP contribution in [0.1, 0.15) is 5.69 Å². The van der Waals surface area contributed by atoms with Crippen molar-refractivity contribution in [2.75, 3.05) is 5.73 Å². The quantitative estimate of drug-likeness (QED) is 0.752. The second kappa shape index (κ2) is 5.05. The SMILES string of the molecule is Nc1cccc(Cl)c1S(=O)(=O)Cc1cn2ccccc2n1. The maximum atomic E-state index is 12.5. The molecule has 3 rings (SSSR count). The molecule has 0 spiro atoms. The van der Waals surface area contributed by atoms with Gasteiger partial charge in [0.25, 0.3) is 0 Å². The predicted molar refractivity (Wildman–Crippen MR) is 81.9 cm³/mol. The van der Waals surface area contributed by atoms with Crippen molar-refractivity contribution in [3.63, 3.8) is 0 Å². The minimum Gasteiger partial charge on any atom is -0.398 e. The fourth-order valence-electron chi connectivity index (χ4n) is 2.18. The van der Waals surface area contributed by atoms with Gasteiger partial charge < -0.3 is 10.1 Å². The Hall–Kier alpha value is -2.05. The Labute approximate surface area is 126 Å². The molecule has 0 atom stereocenters. The van der Waals surface area contributed by atoms with Gasteiger partial charge in [-0.1, -0.05) is 23.7 Å². The number of pyridine rings is 1. The van der Waals surface area contributed by atoms with Gasteiger partial charge in [-0.3, -0.25) is 0 Å². The van der Waals surface area contributed by atoms with Crippen LogP contribution < -0.4 is 5.73 Å². The van der Waals surface area contributed by atoms with Gasteiger partial charge >= 0.3 is 0 Å².